The molecule has 0 aromatic heterocycles. The maximum absolute atomic E-state index is 11.3. The quantitative estimate of drug-likeness (QED) is 0.561. The molecule has 1 aromatic carbocycles. The Morgan fingerprint density at radius 1 is 1.20 bits per heavy atom. The number of anilines is 1. The fourth-order valence-corrected chi connectivity index (χ4v) is 2.48. The summed E-state index contributed by atoms with van der Waals surface area (Å²) in [6.45, 7) is 3.04. The third-order valence-corrected chi connectivity index (χ3v) is 3.48. The number of hydrogen-bond acceptors (Lipinski definition) is 3. The molecule has 0 atom stereocenters. The predicted molar refractivity (Wildman–Crippen MR) is 86.1 cm³/mol. The third kappa shape index (κ3) is 7.28. The SMILES string of the molecule is CCCCCCN=CCc1ccccc1NS(C)(=O)=O. The van der Waals surface area contributed by atoms with Gasteiger partial charge in [0, 0.05) is 19.2 Å². The van der Waals surface area contributed by atoms with Crippen molar-refractivity contribution in [3.63, 3.8) is 0 Å². The van der Waals surface area contributed by atoms with Crippen LogP contribution in [0, 0.1) is 0 Å². The summed E-state index contributed by atoms with van der Waals surface area (Å²) in [5, 5.41) is 0. The summed E-state index contributed by atoms with van der Waals surface area (Å²) >= 11 is 0. The van der Waals surface area contributed by atoms with Gasteiger partial charge in [0.25, 0.3) is 0 Å². The molecule has 0 saturated carbocycles. The second-order valence-electron chi connectivity index (χ2n) is 4.88. The largest absolute Gasteiger partial charge is 0.297 e. The van der Waals surface area contributed by atoms with E-state index in [1.807, 2.05) is 24.4 Å². The number of aliphatic imine (C=N–C) groups is 1. The van der Waals surface area contributed by atoms with Gasteiger partial charge in [-0.2, -0.15) is 0 Å². The van der Waals surface area contributed by atoms with Crippen molar-refractivity contribution in [3.8, 4) is 0 Å². The van der Waals surface area contributed by atoms with Gasteiger partial charge in [0.15, 0.2) is 0 Å². The molecule has 0 amide bonds. The first kappa shape index (κ1) is 16.7. The molecule has 0 fully saturated rings. The van der Waals surface area contributed by atoms with E-state index in [4.69, 9.17) is 0 Å². The minimum atomic E-state index is -3.24. The van der Waals surface area contributed by atoms with Crippen LogP contribution in [0.1, 0.15) is 38.2 Å². The van der Waals surface area contributed by atoms with Gasteiger partial charge in [-0.05, 0) is 18.1 Å². The Kier molecular flexibility index (Phi) is 7.30. The van der Waals surface area contributed by atoms with E-state index in [9.17, 15) is 8.42 Å². The minimum Gasteiger partial charge on any atom is -0.297 e. The molecule has 1 N–H and O–H groups in total. The second-order valence-corrected chi connectivity index (χ2v) is 6.63. The van der Waals surface area contributed by atoms with E-state index in [1.165, 1.54) is 19.3 Å². The third-order valence-electron chi connectivity index (χ3n) is 2.89. The summed E-state index contributed by atoms with van der Waals surface area (Å²) in [5.41, 5.74) is 1.57. The number of hydrogen-bond donors (Lipinski definition) is 1. The van der Waals surface area contributed by atoms with Crippen LogP contribution in [0.3, 0.4) is 0 Å². The van der Waals surface area contributed by atoms with Crippen molar-refractivity contribution in [2.24, 2.45) is 4.99 Å². The van der Waals surface area contributed by atoms with Crippen LogP contribution >= 0.6 is 0 Å². The summed E-state index contributed by atoms with van der Waals surface area (Å²) in [5.74, 6) is 0. The smallest absolute Gasteiger partial charge is 0.229 e. The molecule has 0 spiro atoms. The first-order valence-electron chi connectivity index (χ1n) is 7.07. The number of unbranched alkanes of at least 4 members (excludes halogenated alkanes) is 3. The summed E-state index contributed by atoms with van der Waals surface area (Å²) in [4.78, 5) is 4.37. The van der Waals surface area contributed by atoms with Gasteiger partial charge in [-0.25, -0.2) is 8.42 Å². The molecule has 0 heterocycles. The maximum atomic E-state index is 11.3. The van der Waals surface area contributed by atoms with Gasteiger partial charge in [-0.3, -0.25) is 9.71 Å². The highest BCUT2D eigenvalue weighted by Crippen LogP contribution is 2.16. The standard InChI is InChI=1S/C15H24N2O2S/c1-3-4-5-8-12-16-13-11-14-9-6-7-10-15(14)17-20(2,18)19/h6-7,9-10,13,17H,3-5,8,11-12H2,1-2H3. The first-order chi connectivity index (χ1) is 9.53. The van der Waals surface area contributed by atoms with Crippen LogP contribution in [0.4, 0.5) is 5.69 Å². The molecule has 1 rings (SSSR count). The topological polar surface area (TPSA) is 58.5 Å². The monoisotopic (exact) mass is 296 g/mol. The van der Waals surface area contributed by atoms with Crippen LogP contribution in [0.5, 0.6) is 0 Å². The van der Waals surface area contributed by atoms with Crippen LogP contribution < -0.4 is 4.72 Å². The number of nitrogens with one attached hydrogen (secondary N) is 1. The van der Waals surface area contributed by atoms with Crippen molar-refractivity contribution in [3.05, 3.63) is 29.8 Å². The van der Waals surface area contributed by atoms with Crippen LogP contribution in [-0.2, 0) is 16.4 Å². The predicted octanol–water partition coefficient (Wildman–Crippen LogP) is 3.25. The molecule has 0 aliphatic heterocycles. The van der Waals surface area contributed by atoms with Crippen molar-refractivity contribution >= 4 is 21.9 Å². The van der Waals surface area contributed by atoms with Gasteiger partial charge in [-0.1, -0.05) is 44.4 Å². The Hall–Kier alpha value is -1.36. The molecule has 0 aliphatic carbocycles. The number of benzene rings is 1. The Labute approximate surface area is 122 Å². The van der Waals surface area contributed by atoms with Crippen LogP contribution in [0.15, 0.2) is 29.3 Å². The summed E-state index contributed by atoms with van der Waals surface area (Å²) in [6.07, 6.45) is 8.51. The van der Waals surface area contributed by atoms with E-state index in [-0.39, 0.29) is 0 Å². The molecule has 4 nitrogen and oxygen atoms in total. The summed E-state index contributed by atoms with van der Waals surface area (Å²) in [6, 6.07) is 7.40. The zero-order chi connectivity index (χ0) is 14.8. The van der Waals surface area contributed by atoms with Crippen molar-refractivity contribution in [1.29, 1.82) is 0 Å². The van der Waals surface area contributed by atoms with Crippen LogP contribution in [0.2, 0.25) is 0 Å². The van der Waals surface area contributed by atoms with Gasteiger partial charge < -0.3 is 0 Å². The van der Waals surface area contributed by atoms with Crippen molar-refractivity contribution in [2.75, 3.05) is 17.5 Å². The molecule has 1 aromatic rings. The van der Waals surface area contributed by atoms with Gasteiger partial charge >= 0.3 is 0 Å². The lowest BCUT2D eigenvalue weighted by Crippen LogP contribution is -2.11. The highest BCUT2D eigenvalue weighted by atomic mass is 32.2. The average molecular weight is 296 g/mol. The van der Waals surface area contributed by atoms with Crippen LogP contribution in [-0.4, -0.2) is 27.4 Å². The van der Waals surface area contributed by atoms with E-state index in [1.54, 1.807) is 6.07 Å². The Morgan fingerprint density at radius 2 is 1.95 bits per heavy atom. The van der Waals surface area contributed by atoms with Crippen molar-refractivity contribution < 1.29 is 8.42 Å². The average Bonchev–Trinajstić information content (AvgIpc) is 2.38. The minimum absolute atomic E-state index is 0.632. The molecular formula is C15H24N2O2S. The van der Waals surface area contributed by atoms with E-state index in [0.717, 1.165) is 24.8 Å². The van der Waals surface area contributed by atoms with Crippen LogP contribution in [0.25, 0.3) is 0 Å². The van der Waals surface area contributed by atoms with Gasteiger partial charge in [0.2, 0.25) is 10.0 Å². The number of para-hydroxylation sites is 1. The van der Waals surface area contributed by atoms with Gasteiger partial charge in [0.05, 0.1) is 11.9 Å². The molecule has 0 aliphatic rings. The molecule has 0 saturated heterocycles. The second kappa shape index (κ2) is 8.74. The number of nitrogens with zero attached hydrogens (tertiary/aromatic N) is 1. The summed E-state index contributed by atoms with van der Waals surface area (Å²) in [7, 11) is -3.24. The number of sulfonamides is 1. The van der Waals surface area contributed by atoms with E-state index in [0.29, 0.717) is 12.1 Å². The Morgan fingerprint density at radius 3 is 2.65 bits per heavy atom. The number of rotatable bonds is 9. The van der Waals surface area contributed by atoms with E-state index in [2.05, 4.69) is 16.6 Å². The zero-order valence-corrected chi connectivity index (χ0v) is 13.1. The van der Waals surface area contributed by atoms with Gasteiger partial charge in [0.1, 0.15) is 0 Å². The van der Waals surface area contributed by atoms with Gasteiger partial charge in [-0.15, -0.1) is 0 Å². The lowest BCUT2D eigenvalue weighted by atomic mass is 10.1. The lowest BCUT2D eigenvalue weighted by Gasteiger charge is -2.08. The van der Waals surface area contributed by atoms with Crippen molar-refractivity contribution in [2.45, 2.75) is 39.0 Å². The van der Waals surface area contributed by atoms with E-state index >= 15 is 0 Å². The Balaban J connectivity index is 2.49. The maximum Gasteiger partial charge on any atom is 0.229 e. The highest BCUT2D eigenvalue weighted by Gasteiger charge is 2.05. The zero-order valence-electron chi connectivity index (χ0n) is 12.3. The molecule has 20 heavy (non-hydrogen) atoms. The first-order valence-corrected chi connectivity index (χ1v) is 8.96. The summed E-state index contributed by atoms with van der Waals surface area (Å²) < 4.78 is 25.1. The molecule has 0 radical (unpaired) electrons. The molecular weight excluding hydrogens is 272 g/mol. The van der Waals surface area contributed by atoms with Crippen molar-refractivity contribution in [1.82, 2.24) is 0 Å². The molecule has 0 bridgehead atoms. The lowest BCUT2D eigenvalue weighted by molar-refractivity contribution is 0.607. The molecule has 5 heteroatoms. The Bertz CT molecular complexity index is 524. The fourth-order valence-electron chi connectivity index (χ4n) is 1.88. The fraction of sp³-hybridized carbons (Fsp3) is 0.533. The van der Waals surface area contributed by atoms with E-state index < -0.39 is 10.0 Å². The normalized spacial score (nSPS) is 11.9. The highest BCUT2D eigenvalue weighted by molar-refractivity contribution is 7.92. The molecule has 0 unspecified atom stereocenters. The molecule has 112 valence electrons.